The number of amides is 2. The molecule has 2 heterocycles. The zero-order chi connectivity index (χ0) is 21.1. The molecular formula is C20H20N2O6S2. The standard InChI is InChI=1S/C20H20N2O6S2/c23-19(21-11-13-1-3-16-17(9-13)28-12-27-16)6-8-30(25,26)14-2-4-18-15(10-14)22-20(24)5-7-29-18/h1-4,9-10H,5-8,11-12H2,(H,21,23)(H,22,24). The molecule has 4 rings (SSSR count). The Bertz CT molecular complexity index is 1100. The molecule has 2 aromatic rings. The molecule has 2 aliphatic heterocycles. The van der Waals surface area contributed by atoms with Gasteiger partial charge in [0.2, 0.25) is 18.6 Å². The first kappa shape index (κ1) is 20.5. The molecule has 2 aliphatic rings. The van der Waals surface area contributed by atoms with Gasteiger partial charge in [-0.25, -0.2) is 8.42 Å². The molecule has 0 aromatic heterocycles. The number of nitrogens with one attached hydrogen (secondary N) is 2. The van der Waals surface area contributed by atoms with E-state index in [4.69, 9.17) is 9.47 Å². The van der Waals surface area contributed by atoms with Crippen molar-refractivity contribution < 1.29 is 27.5 Å². The zero-order valence-corrected chi connectivity index (χ0v) is 17.6. The van der Waals surface area contributed by atoms with Crippen LogP contribution >= 0.6 is 11.8 Å². The van der Waals surface area contributed by atoms with Gasteiger partial charge in [0.25, 0.3) is 0 Å². The maximum atomic E-state index is 12.7. The molecular weight excluding hydrogens is 428 g/mol. The van der Waals surface area contributed by atoms with E-state index in [1.54, 1.807) is 18.2 Å². The Balaban J connectivity index is 1.34. The Morgan fingerprint density at radius 3 is 2.83 bits per heavy atom. The van der Waals surface area contributed by atoms with Crippen LogP contribution < -0.4 is 20.1 Å². The van der Waals surface area contributed by atoms with E-state index in [0.717, 1.165) is 10.5 Å². The average molecular weight is 449 g/mol. The second-order valence-electron chi connectivity index (χ2n) is 6.84. The second-order valence-corrected chi connectivity index (χ2v) is 10.1. The van der Waals surface area contributed by atoms with Gasteiger partial charge >= 0.3 is 0 Å². The predicted octanol–water partition coefficient (Wildman–Crippen LogP) is 2.33. The Morgan fingerprint density at radius 1 is 1.13 bits per heavy atom. The highest BCUT2D eigenvalue weighted by molar-refractivity contribution is 7.99. The van der Waals surface area contributed by atoms with Gasteiger partial charge in [-0.2, -0.15) is 0 Å². The molecule has 0 radical (unpaired) electrons. The van der Waals surface area contributed by atoms with Gasteiger partial charge in [0.15, 0.2) is 21.3 Å². The number of benzene rings is 2. The lowest BCUT2D eigenvalue weighted by molar-refractivity contribution is -0.121. The highest BCUT2D eigenvalue weighted by Crippen LogP contribution is 2.33. The summed E-state index contributed by atoms with van der Waals surface area (Å²) in [5, 5.41) is 5.45. The maximum absolute atomic E-state index is 12.7. The fourth-order valence-electron chi connectivity index (χ4n) is 3.08. The molecule has 0 spiro atoms. The van der Waals surface area contributed by atoms with Crippen LogP contribution in [0, 0.1) is 0 Å². The number of carbonyl (C=O) groups is 2. The van der Waals surface area contributed by atoms with Crippen LogP contribution in [0.5, 0.6) is 11.5 Å². The number of anilines is 1. The number of fused-ring (bicyclic) bond motifs is 2. The number of carbonyl (C=O) groups excluding carboxylic acids is 2. The summed E-state index contributed by atoms with van der Waals surface area (Å²) >= 11 is 1.50. The number of sulfone groups is 1. The van der Waals surface area contributed by atoms with Crippen molar-refractivity contribution in [2.75, 3.05) is 23.6 Å². The third kappa shape index (κ3) is 4.71. The first-order chi connectivity index (χ1) is 14.4. The molecule has 30 heavy (non-hydrogen) atoms. The minimum atomic E-state index is -3.67. The summed E-state index contributed by atoms with van der Waals surface area (Å²) in [6, 6.07) is 10.0. The molecule has 0 aliphatic carbocycles. The number of ether oxygens (including phenoxy) is 2. The average Bonchev–Trinajstić information content (AvgIpc) is 3.11. The van der Waals surface area contributed by atoms with Crippen LogP contribution in [0.15, 0.2) is 46.2 Å². The minimum absolute atomic E-state index is 0.0904. The lowest BCUT2D eigenvalue weighted by atomic mass is 10.2. The summed E-state index contributed by atoms with van der Waals surface area (Å²) in [6.07, 6.45) is 0.218. The molecule has 0 saturated heterocycles. The molecule has 0 bridgehead atoms. The highest BCUT2D eigenvalue weighted by Gasteiger charge is 2.21. The van der Waals surface area contributed by atoms with Crippen LogP contribution in [0.3, 0.4) is 0 Å². The van der Waals surface area contributed by atoms with Crippen LogP contribution in [0.1, 0.15) is 18.4 Å². The van der Waals surface area contributed by atoms with Gasteiger partial charge in [-0.15, -0.1) is 11.8 Å². The van der Waals surface area contributed by atoms with Crippen LogP contribution in [0.2, 0.25) is 0 Å². The first-order valence-electron chi connectivity index (χ1n) is 9.35. The Kier molecular flexibility index (Phi) is 5.87. The molecule has 2 N–H and O–H groups in total. The lowest BCUT2D eigenvalue weighted by Gasteiger charge is -2.10. The zero-order valence-electron chi connectivity index (χ0n) is 16.0. The summed E-state index contributed by atoms with van der Waals surface area (Å²) in [4.78, 5) is 24.8. The smallest absolute Gasteiger partial charge is 0.231 e. The van der Waals surface area contributed by atoms with E-state index in [2.05, 4.69) is 10.6 Å². The van der Waals surface area contributed by atoms with E-state index >= 15 is 0 Å². The third-order valence-electron chi connectivity index (χ3n) is 4.70. The van der Waals surface area contributed by atoms with E-state index < -0.39 is 9.84 Å². The molecule has 2 aromatic carbocycles. The van der Waals surface area contributed by atoms with Crippen LogP contribution in [-0.2, 0) is 26.0 Å². The number of hydrogen-bond acceptors (Lipinski definition) is 7. The molecule has 158 valence electrons. The van der Waals surface area contributed by atoms with Gasteiger partial charge in [-0.1, -0.05) is 6.07 Å². The maximum Gasteiger partial charge on any atom is 0.231 e. The fourth-order valence-corrected chi connectivity index (χ4v) is 5.28. The fraction of sp³-hybridized carbons (Fsp3) is 0.300. The van der Waals surface area contributed by atoms with E-state index in [0.29, 0.717) is 29.4 Å². The summed E-state index contributed by atoms with van der Waals surface area (Å²) in [5.41, 5.74) is 1.32. The Morgan fingerprint density at radius 2 is 1.97 bits per heavy atom. The SMILES string of the molecule is O=C(CCS(=O)(=O)c1ccc2c(c1)NC(=O)CCS2)NCc1ccc2c(c1)OCO2. The summed E-state index contributed by atoms with van der Waals surface area (Å²) in [5.74, 6) is 1.10. The highest BCUT2D eigenvalue weighted by atomic mass is 32.2. The number of thioether (sulfide) groups is 1. The van der Waals surface area contributed by atoms with Gasteiger partial charge in [-0.05, 0) is 35.9 Å². The van der Waals surface area contributed by atoms with Crippen LogP contribution in [0.4, 0.5) is 5.69 Å². The first-order valence-corrected chi connectivity index (χ1v) is 12.0. The Labute approximate surface area is 178 Å². The predicted molar refractivity (Wildman–Crippen MR) is 111 cm³/mol. The van der Waals surface area contributed by atoms with Crippen LogP contribution in [0.25, 0.3) is 0 Å². The largest absolute Gasteiger partial charge is 0.454 e. The van der Waals surface area contributed by atoms with Gasteiger partial charge in [0.1, 0.15) is 0 Å². The molecule has 0 atom stereocenters. The van der Waals surface area contributed by atoms with E-state index in [-0.39, 0.29) is 42.2 Å². The van der Waals surface area contributed by atoms with Gasteiger partial charge in [0, 0.05) is 30.0 Å². The molecule has 10 heteroatoms. The van der Waals surface area contributed by atoms with Gasteiger partial charge in [-0.3, -0.25) is 9.59 Å². The second kappa shape index (κ2) is 8.57. The van der Waals surface area contributed by atoms with E-state index in [9.17, 15) is 18.0 Å². The van der Waals surface area contributed by atoms with Crippen molar-refractivity contribution in [3.63, 3.8) is 0 Å². The molecule has 8 nitrogen and oxygen atoms in total. The lowest BCUT2D eigenvalue weighted by Crippen LogP contribution is -2.25. The van der Waals surface area contributed by atoms with Crippen molar-refractivity contribution in [2.24, 2.45) is 0 Å². The Hall–Kier alpha value is -2.72. The quantitative estimate of drug-likeness (QED) is 0.698. The van der Waals surface area contributed by atoms with Crippen molar-refractivity contribution >= 4 is 39.1 Å². The molecule has 0 saturated carbocycles. The number of hydrogen-bond donors (Lipinski definition) is 2. The van der Waals surface area contributed by atoms with Crippen molar-refractivity contribution in [3.05, 3.63) is 42.0 Å². The summed E-state index contributed by atoms with van der Waals surface area (Å²) in [6.45, 7) is 0.436. The monoisotopic (exact) mass is 448 g/mol. The van der Waals surface area contributed by atoms with Crippen molar-refractivity contribution in [1.29, 1.82) is 0 Å². The van der Waals surface area contributed by atoms with Crippen LogP contribution in [-0.4, -0.2) is 38.5 Å². The van der Waals surface area contributed by atoms with Crippen molar-refractivity contribution in [3.8, 4) is 11.5 Å². The molecule has 2 amide bonds. The molecule has 0 unspecified atom stereocenters. The van der Waals surface area contributed by atoms with E-state index in [1.807, 2.05) is 6.07 Å². The number of rotatable bonds is 6. The summed E-state index contributed by atoms with van der Waals surface area (Å²) < 4.78 is 35.9. The normalized spacial score (nSPS) is 15.1. The van der Waals surface area contributed by atoms with Gasteiger partial charge < -0.3 is 20.1 Å². The van der Waals surface area contributed by atoms with Crippen molar-refractivity contribution in [2.45, 2.75) is 29.2 Å². The summed E-state index contributed by atoms with van der Waals surface area (Å²) in [7, 11) is -3.67. The van der Waals surface area contributed by atoms with Crippen molar-refractivity contribution in [1.82, 2.24) is 5.32 Å². The third-order valence-corrected chi connectivity index (χ3v) is 7.48. The minimum Gasteiger partial charge on any atom is -0.454 e. The topological polar surface area (TPSA) is 111 Å². The van der Waals surface area contributed by atoms with Gasteiger partial charge in [0.05, 0.1) is 16.3 Å². The van der Waals surface area contributed by atoms with E-state index in [1.165, 1.54) is 23.9 Å². The molecule has 0 fully saturated rings.